The summed E-state index contributed by atoms with van der Waals surface area (Å²) in [5.41, 5.74) is 2.46. The van der Waals surface area contributed by atoms with Gasteiger partial charge < -0.3 is 14.2 Å². The molecule has 156 valence electrons. The number of aryl methyl sites for hydroxylation is 1. The quantitative estimate of drug-likeness (QED) is 0.480. The van der Waals surface area contributed by atoms with Crippen LogP contribution in [-0.2, 0) is 11.2 Å². The van der Waals surface area contributed by atoms with Crippen LogP contribution in [0.2, 0.25) is 0 Å². The highest BCUT2D eigenvalue weighted by molar-refractivity contribution is 5.35. The summed E-state index contributed by atoms with van der Waals surface area (Å²) in [7, 11) is 0. The third-order valence-corrected chi connectivity index (χ3v) is 5.14. The molecule has 0 saturated carbocycles. The fourth-order valence-electron chi connectivity index (χ4n) is 3.47. The van der Waals surface area contributed by atoms with Crippen LogP contribution in [0, 0.1) is 17.6 Å². The van der Waals surface area contributed by atoms with Crippen LogP contribution in [0.3, 0.4) is 0 Å². The normalized spacial score (nSPS) is 19.0. The lowest BCUT2D eigenvalue weighted by Gasteiger charge is -2.29. The smallest absolute Gasteiger partial charge is 0.204 e. The van der Waals surface area contributed by atoms with Gasteiger partial charge in [-0.05, 0) is 55.9 Å². The summed E-state index contributed by atoms with van der Waals surface area (Å²) >= 11 is 0. The topological polar surface area (TPSA) is 27.7 Å². The van der Waals surface area contributed by atoms with Crippen LogP contribution in [0.15, 0.2) is 49.1 Å². The van der Waals surface area contributed by atoms with Gasteiger partial charge in [-0.1, -0.05) is 30.3 Å². The van der Waals surface area contributed by atoms with Crippen LogP contribution >= 0.6 is 0 Å². The summed E-state index contributed by atoms with van der Waals surface area (Å²) in [6, 6.07) is 11.3. The number of ether oxygens (including phenoxy) is 3. The number of hydrogen-bond donors (Lipinski definition) is 0. The van der Waals surface area contributed by atoms with Crippen molar-refractivity contribution in [2.45, 2.75) is 38.7 Å². The highest BCUT2D eigenvalue weighted by Crippen LogP contribution is 2.32. The predicted molar refractivity (Wildman–Crippen MR) is 109 cm³/mol. The van der Waals surface area contributed by atoms with E-state index in [9.17, 15) is 8.78 Å². The average Bonchev–Trinajstić information content (AvgIpc) is 2.76. The molecule has 1 heterocycles. The molecule has 0 bridgehead atoms. The van der Waals surface area contributed by atoms with Crippen LogP contribution < -0.4 is 9.47 Å². The van der Waals surface area contributed by atoms with Gasteiger partial charge in [0.25, 0.3) is 0 Å². The van der Waals surface area contributed by atoms with Crippen LogP contribution in [0.5, 0.6) is 11.5 Å². The zero-order valence-electron chi connectivity index (χ0n) is 16.8. The number of halogens is 2. The minimum Gasteiger partial charge on any atom is -0.491 e. The number of hydrogen-bond acceptors (Lipinski definition) is 3. The molecule has 2 atom stereocenters. The van der Waals surface area contributed by atoms with Gasteiger partial charge in [-0.15, -0.1) is 6.58 Å². The van der Waals surface area contributed by atoms with E-state index < -0.39 is 11.6 Å². The fourth-order valence-corrected chi connectivity index (χ4v) is 3.47. The molecule has 1 saturated heterocycles. The molecule has 0 radical (unpaired) electrons. The third-order valence-electron chi connectivity index (χ3n) is 5.14. The molecule has 0 amide bonds. The molecule has 29 heavy (non-hydrogen) atoms. The molecule has 1 aliphatic heterocycles. The van der Waals surface area contributed by atoms with Gasteiger partial charge in [-0.2, -0.15) is 8.78 Å². The van der Waals surface area contributed by atoms with Gasteiger partial charge in [0.15, 0.2) is 11.5 Å². The highest BCUT2D eigenvalue weighted by Gasteiger charge is 2.24. The highest BCUT2D eigenvalue weighted by atomic mass is 19.2. The molecular weight excluding hydrogens is 374 g/mol. The second kappa shape index (κ2) is 10.4. The Labute approximate surface area is 171 Å². The number of allylic oxidation sites excluding steroid dienone is 1. The van der Waals surface area contributed by atoms with E-state index in [2.05, 4.69) is 30.8 Å². The maximum Gasteiger partial charge on any atom is 0.204 e. The number of benzene rings is 2. The second-order valence-corrected chi connectivity index (χ2v) is 7.27. The molecule has 0 aliphatic carbocycles. The zero-order valence-corrected chi connectivity index (χ0v) is 16.8. The Morgan fingerprint density at radius 3 is 2.31 bits per heavy atom. The molecule has 3 rings (SSSR count). The standard InChI is InChI=1S/C24H28F2O3/c1-3-5-6-17-7-10-19(11-8-17)20-12-9-18(15-28-20)16-29-22-14-13-21(27-4-2)23(25)24(22)26/h3,7-8,10-11,13-14,18,20H,1,4-6,9,12,15-16H2,2H3. The average molecular weight is 402 g/mol. The van der Waals surface area contributed by atoms with E-state index in [1.165, 1.54) is 23.3 Å². The largest absolute Gasteiger partial charge is 0.491 e. The van der Waals surface area contributed by atoms with Crippen molar-refractivity contribution in [3.8, 4) is 11.5 Å². The van der Waals surface area contributed by atoms with Crippen molar-refractivity contribution in [1.82, 2.24) is 0 Å². The third kappa shape index (κ3) is 5.57. The molecule has 5 heteroatoms. The van der Waals surface area contributed by atoms with Crippen molar-refractivity contribution in [1.29, 1.82) is 0 Å². The van der Waals surface area contributed by atoms with Gasteiger partial charge >= 0.3 is 0 Å². The van der Waals surface area contributed by atoms with Crippen LogP contribution in [0.4, 0.5) is 8.78 Å². The van der Waals surface area contributed by atoms with Crippen molar-refractivity contribution in [2.75, 3.05) is 19.8 Å². The van der Waals surface area contributed by atoms with E-state index in [1.54, 1.807) is 6.92 Å². The summed E-state index contributed by atoms with van der Waals surface area (Å²) in [6.07, 6.45) is 5.74. The van der Waals surface area contributed by atoms with Crippen molar-refractivity contribution >= 4 is 0 Å². The van der Waals surface area contributed by atoms with Crippen molar-refractivity contribution in [2.24, 2.45) is 5.92 Å². The summed E-state index contributed by atoms with van der Waals surface area (Å²) in [5, 5.41) is 0. The monoisotopic (exact) mass is 402 g/mol. The van der Waals surface area contributed by atoms with Crippen LogP contribution in [0.1, 0.15) is 43.4 Å². The van der Waals surface area contributed by atoms with Crippen molar-refractivity contribution in [3.05, 3.63) is 71.8 Å². The van der Waals surface area contributed by atoms with E-state index in [0.29, 0.717) is 6.61 Å². The Bertz CT molecular complexity index is 797. The molecule has 1 fully saturated rings. The molecule has 3 nitrogen and oxygen atoms in total. The summed E-state index contributed by atoms with van der Waals surface area (Å²) in [6.45, 7) is 6.56. The van der Waals surface area contributed by atoms with E-state index in [1.807, 2.05) is 6.08 Å². The van der Waals surface area contributed by atoms with Crippen LogP contribution in [-0.4, -0.2) is 19.8 Å². The van der Waals surface area contributed by atoms with E-state index in [-0.39, 0.29) is 36.7 Å². The Morgan fingerprint density at radius 1 is 1.03 bits per heavy atom. The molecule has 2 unspecified atom stereocenters. The molecule has 0 spiro atoms. The minimum atomic E-state index is -1.01. The molecule has 0 N–H and O–H groups in total. The van der Waals surface area contributed by atoms with Crippen molar-refractivity contribution < 1.29 is 23.0 Å². The van der Waals surface area contributed by atoms with Gasteiger partial charge in [-0.25, -0.2) is 0 Å². The van der Waals surface area contributed by atoms with Gasteiger partial charge in [0.2, 0.25) is 11.6 Å². The zero-order chi connectivity index (χ0) is 20.6. The molecular formula is C24H28F2O3. The van der Waals surface area contributed by atoms with Gasteiger partial charge in [-0.3, -0.25) is 0 Å². The Morgan fingerprint density at radius 2 is 1.72 bits per heavy atom. The summed E-state index contributed by atoms with van der Waals surface area (Å²) < 4.78 is 44.6. The van der Waals surface area contributed by atoms with Crippen LogP contribution in [0.25, 0.3) is 0 Å². The van der Waals surface area contributed by atoms with E-state index in [0.717, 1.165) is 25.7 Å². The SMILES string of the molecule is C=CCCc1ccc(C2CCC(COc3ccc(OCC)c(F)c3F)CO2)cc1. The maximum atomic E-state index is 14.1. The lowest BCUT2D eigenvalue weighted by atomic mass is 9.94. The van der Waals surface area contributed by atoms with Crippen molar-refractivity contribution in [3.63, 3.8) is 0 Å². The van der Waals surface area contributed by atoms with Gasteiger partial charge in [0.1, 0.15) is 0 Å². The van der Waals surface area contributed by atoms with Gasteiger partial charge in [0.05, 0.1) is 25.9 Å². The lowest BCUT2D eigenvalue weighted by molar-refractivity contribution is -0.0289. The first-order valence-electron chi connectivity index (χ1n) is 10.2. The van der Waals surface area contributed by atoms with E-state index >= 15 is 0 Å². The second-order valence-electron chi connectivity index (χ2n) is 7.27. The Hall–Kier alpha value is -2.40. The van der Waals surface area contributed by atoms with Gasteiger partial charge in [0, 0.05) is 5.92 Å². The first kappa shape index (κ1) is 21.3. The molecule has 2 aromatic rings. The Balaban J connectivity index is 1.49. The summed E-state index contributed by atoms with van der Waals surface area (Å²) in [5.74, 6) is -2.07. The lowest BCUT2D eigenvalue weighted by Crippen LogP contribution is -2.25. The maximum absolute atomic E-state index is 14.1. The number of rotatable bonds is 9. The first-order valence-corrected chi connectivity index (χ1v) is 10.2. The van der Waals surface area contributed by atoms with E-state index in [4.69, 9.17) is 14.2 Å². The molecule has 0 aromatic heterocycles. The molecule has 1 aliphatic rings. The summed E-state index contributed by atoms with van der Waals surface area (Å²) in [4.78, 5) is 0. The first-order chi connectivity index (χ1) is 14.1. The fraction of sp³-hybridized carbons (Fsp3) is 0.417. The predicted octanol–water partition coefficient (Wildman–Crippen LogP) is 6.03. The minimum absolute atomic E-state index is 0.0689. The molecule has 2 aromatic carbocycles. The Kier molecular flexibility index (Phi) is 7.64.